The zero-order valence-electron chi connectivity index (χ0n) is 19.5. The molecule has 0 spiro atoms. The first-order chi connectivity index (χ1) is 15.8. The van der Waals surface area contributed by atoms with Crippen LogP contribution in [-0.2, 0) is 20.7 Å². The van der Waals surface area contributed by atoms with Crippen LogP contribution in [0.25, 0.3) is 16.8 Å². The van der Waals surface area contributed by atoms with Crippen molar-refractivity contribution in [2.45, 2.75) is 58.5 Å². The molecule has 0 aromatic carbocycles. The Labute approximate surface area is 194 Å². The summed E-state index contributed by atoms with van der Waals surface area (Å²) < 4.78 is 7.14. The molecule has 4 heterocycles. The Bertz CT molecular complexity index is 1130. The van der Waals surface area contributed by atoms with Crippen molar-refractivity contribution >= 4 is 17.4 Å². The minimum atomic E-state index is -0.532. The molecule has 3 aromatic heterocycles. The van der Waals surface area contributed by atoms with E-state index < -0.39 is 5.60 Å². The van der Waals surface area contributed by atoms with Crippen LogP contribution in [0.4, 0.5) is 0 Å². The smallest absolute Gasteiger partial charge is 0.306 e. The Morgan fingerprint density at radius 1 is 1.15 bits per heavy atom. The van der Waals surface area contributed by atoms with E-state index in [2.05, 4.69) is 10.1 Å². The van der Waals surface area contributed by atoms with Gasteiger partial charge in [-0.2, -0.15) is 5.10 Å². The molecule has 0 saturated carbocycles. The molecule has 1 saturated heterocycles. The predicted octanol–water partition coefficient (Wildman–Crippen LogP) is 3.69. The molecule has 1 aliphatic rings. The van der Waals surface area contributed by atoms with Gasteiger partial charge in [-0.25, -0.2) is 9.50 Å². The summed E-state index contributed by atoms with van der Waals surface area (Å²) in [6, 6.07) is 5.93. The number of esters is 1. The van der Waals surface area contributed by atoms with Crippen molar-refractivity contribution in [2.75, 3.05) is 13.1 Å². The number of ether oxygens (including phenoxy) is 1. The number of hydrogen-bond acceptors (Lipinski definition) is 6. The number of likely N-dealkylation sites (tertiary alicyclic amines) is 1. The largest absolute Gasteiger partial charge is 0.460 e. The van der Waals surface area contributed by atoms with E-state index in [1.165, 1.54) is 0 Å². The highest BCUT2D eigenvalue weighted by Crippen LogP contribution is 2.25. The highest BCUT2D eigenvalue weighted by atomic mass is 16.6. The predicted molar refractivity (Wildman–Crippen MR) is 124 cm³/mol. The highest BCUT2D eigenvalue weighted by molar-refractivity contribution is 5.81. The van der Waals surface area contributed by atoms with Gasteiger partial charge in [-0.3, -0.25) is 14.6 Å². The number of carbonyl (C=O) groups is 2. The number of rotatable bonds is 6. The van der Waals surface area contributed by atoms with Gasteiger partial charge in [-0.15, -0.1) is 0 Å². The molecule has 33 heavy (non-hydrogen) atoms. The minimum absolute atomic E-state index is 0.0109. The lowest BCUT2D eigenvalue weighted by molar-refractivity contribution is -0.156. The normalized spacial score (nSPS) is 16.7. The van der Waals surface area contributed by atoms with Crippen LogP contribution in [-0.4, -0.2) is 55.0 Å². The van der Waals surface area contributed by atoms with Gasteiger partial charge in [0.1, 0.15) is 5.60 Å². The summed E-state index contributed by atoms with van der Waals surface area (Å²) >= 11 is 0. The first kappa shape index (κ1) is 22.9. The van der Waals surface area contributed by atoms with Gasteiger partial charge in [-0.1, -0.05) is 6.07 Å². The third-order valence-electron chi connectivity index (χ3n) is 5.72. The van der Waals surface area contributed by atoms with Crippen molar-refractivity contribution in [2.24, 2.45) is 5.92 Å². The second kappa shape index (κ2) is 9.68. The average molecular weight is 450 g/mol. The Hall–Kier alpha value is -3.29. The first-order valence-corrected chi connectivity index (χ1v) is 11.5. The molecular formula is C25H31N5O3. The standard InChI is InChI=1S/C25H31N5O3/c1-25(2,3)33-24(32)10-9-23(31)29-11-6-7-18(17-29)13-19-14-26-16-21(28-19)20-15-27-30-12-5-4-8-22(20)30/h4-5,8,12,14-16,18H,6-7,9-11,13,17H2,1-3H3/t18-/m0/s1. The summed E-state index contributed by atoms with van der Waals surface area (Å²) in [6.07, 6.45) is 10.3. The molecule has 0 unspecified atom stereocenters. The Balaban J connectivity index is 1.36. The Morgan fingerprint density at radius 2 is 2.00 bits per heavy atom. The number of nitrogens with zero attached hydrogens (tertiary/aromatic N) is 5. The fourth-order valence-electron chi connectivity index (χ4n) is 4.28. The Kier molecular flexibility index (Phi) is 6.72. The fourth-order valence-corrected chi connectivity index (χ4v) is 4.28. The maximum atomic E-state index is 12.7. The van der Waals surface area contributed by atoms with Gasteiger partial charge in [0, 0.05) is 37.5 Å². The zero-order valence-corrected chi connectivity index (χ0v) is 19.5. The van der Waals surface area contributed by atoms with Crippen molar-refractivity contribution < 1.29 is 14.3 Å². The lowest BCUT2D eigenvalue weighted by Gasteiger charge is -2.33. The summed E-state index contributed by atoms with van der Waals surface area (Å²) in [7, 11) is 0. The van der Waals surface area contributed by atoms with E-state index in [1.807, 2.05) is 60.8 Å². The number of carbonyl (C=O) groups excluding carboxylic acids is 2. The number of hydrogen-bond donors (Lipinski definition) is 0. The van der Waals surface area contributed by atoms with E-state index in [-0.39, 0.29) is 24.7 Å². The van der Waals surface area contributed by atoms with E-state index in [4.69, 9.17) is 9.72 Å². The number of fused-ring (bicyclic) bond motifs is 1. The van der Waals surface area contributed by atoms with Crippen LogP contribution in [0.5, 0.6) is 0 Å². The molecule has 0 radical (unpaired) electrons. The van der Waals surface area contributed by atoms with Gasteiger partial charge in [-0.05, 0) is 58.1 Å². The van der Waals surface area contributed by atoms with Gasteiger partial charge in [0.25, 0.3) is 0 Å². The van der Waals surface area contributed by atoms with Gasteiger partial charge in [0.2, 0.25) is 5.91 Å². The quantitative estimate of drug-likeness (QED) is 0.533. The first-order valence-electron chi connectivity index (χ1n) is 11.5. The highest BCUT2D eigenvalue weighted by Gasteiger charge is 2.25. The Morgan fingerprint density at radius 3 is 2.82 bits per heavy atom. The molecule has 1 amide bonds. The molecule has 4 rings (SSSR count). The number of pyridine rings is 1. The minimum Gasteiger partial charge on any atom is -0.460 e. The van der Waals surface area contributed by atoms with Crippen LogP contribution in [0.3, 0.4) is 0 Å². The molecule has 8 nitrogen and oxygen atoms in total. The molecule has 0 bridgehead atoms. The maximum Gasteiger partial charge on any atom is 0.306 e. The summed E-state index contributed by atoms with van der Waals surface area (Å²) in [4.78, 5) is 35.8. The van der Waals surface area contributed by atoms with Crippen LogP contribution in [0.15, 0.2) is 43.0 Å². The van der Waals surface area contributed by atoms with Gasteiger partial charge in [0.05, 0.1) is 35.7 Å². The third kappa shape index (κ3) is 5.94. The summed E-state index contributed by atoms with van der Waals surface area (Å²) in [5.41, 5.74) is 3.12. The third-order valence-corrected chi connectivity index (χ3v) is 5.72. The molecule has 0 N–H and O–H groups in total. The molecule has 1 aliphatic heterocycles. The lowest BCUT2D eigenvalue weighted by atomic mass is 9.93. The lowest BCUT2D eigenvalue weighted by Crippen LogP contribution is -2.40. The summed E-state index contributed by atoms with van der Waals surface area (Å²) in [6.45, 7) is 6.90. The number of amides is 1. The molecule has 8 heteroatoms. The summed E-state index contributed by atoms with van der Waals surface area (Å²) in [5.74, 6) is -0.00128. The van der Waals surface area contributed by atoms with Crippen molar-refractivity contribution in [1.82, 2.24) is 24.5 Å². The van der Waals surface area contributed by atoms with Crippen LogP contribution in [0.2, 0.25) is 0 Å². The second-order valence-corrected chi connectivity index (χ2v) is 9.62. The van der Waals surface area contributed by atoms with E-state index in [0.29, 0.717) is 12.5 Å². The average Bonchev–Trinajstić information content (AvgIpc) is 3.21. The molecule has 3 aromatic rings. The fraction of sp³-hybridized carbons (Fsp3) is 0.480. The molecule has 1 fully saturated rings. The van der Waals surface area contributed by atoms with Gasteiger partial charge in [0.15, 0.2) is 0 Å². The van der Waals surface area contributed by atoms with Crippen LogP contribution < -0.4 is 0 Å². The molecule has 0 aliphatic carbocycles. The van der Waals surface area contributed by atoms with Crippen molar-refractivity contribution in [3.05, 3.63) is 48.7 Å². The SMILES string of the molecule is CC(C)(C)OC(=O)CCC(=O)N1CCC[C@@H](Cc2cncc(-c3cnn4ccccc34)n2)C1. The second-order valence-electron chi connectivity index (χ2n) is 9.62. The number of aromatic nitrogens is 4. The van der Waals surface area contributed by atoms with Crippen LogP contribution in [0, 0.1) is 5.92 Å². The van der Waals surface area contributed by atoms with Crippen molar-refractivity contribution in [3.63, 3.8) is 0 Å². The topological polar surface area (TPSA) is 89.7 Å². The van der Waals surface area contributed by atoms with E-state index >= 15 is 0 Å². The van der Waals surface area contributed by atoms with Crippen LogP contribution >= 0.6 is 0 Å². The van der Waals surface area contributed by atoms with Crippen molar-refractivity contribution in [1.29, 1.82) is 0 Å². The summed E-state index contributed by atoms with van der Waals surface area (Å²) in [5, 5.41) is 4.39. The van der Waals surface area contributed by atoms with Crippen molar-refractivity contribution in [3.8, 4) is 11.3 Å². The monoisotopic (exact) mass is 449 g/mol. The zero-order chi connectivity index (χ0) is 23.4. The maximum absolute atomic E-state index is 12.7. The van der Waals surface area contributed by atoms with Gasteiger partial charge >= 0.3 is 5.97 Å². The van der Waals surface area contributed by atoms with E-state index in [9.17, 15) is 9.59 Å². The van der Waals surface area contributed by atoms with E-state index in [1.54, 1.807) is 12.4 Å². The number of piperidine rings is 1. The van der Waals surface area contributed by atoms with Crippen LogP contribution in [0.1, 0.15) is 52.1 Å². The van der Waals surface area contributed by atoms with Gasteiger partial charge < -0.3 is 9.64 Å². The molecular weight excluding hydrogens is 418 g/mol. The van der Waals surface area contributed by atoms with E-state index in [0.717, 1.165) is 48.3 Å². The molecule has 1 atom stereocenters. The molecule has 174 valence electrons.